The summed E-state index contributed by atoms with van der Waals surface area (Å²) in [4.78, 5) is 0. The molecule has 0 aromatic heterocycles. The van der Waals surface area contributed by atoms with Gasteiger partial charge in [0.15, 0.2) is 16.6 Å². The Bertz CT molecular complexity index is 660. The third kappa shape index (κ3) is 5.86. The van der Waals surface area contributed by atoms with Crippen LogP contribution in [-0.2, 0) is 8.85 Å². The van der Waals surface area contributed by atoms with Crippen LogP contribution in [0.5, 0.6) is 0 Å². The molecule has 0 aliphatic heterocycles. The summed E-state index contributed by atoms with van der Waals surface area (Å²) in [5, 5.41) is 12.7. The minimum absolute atomic E-state index is 0.0517. The van der Waals surface area contributed by atoms with E-state index in [4.69, 9.17) is 8.85 Å². The van der Waals surface area contributed by atoms with Crippen LogP contribution < -0.4 is 0 Å². The van der Waals surface area contributed by atoms with E-state index >= 15 is 0 Å². The van der Waals surface area contributed by atoms with Crippen LogP contribution in [0.2, 0.25) is 55.9 Å². The van der Waals surface area contributed by atoms with Crippen LogP contribution in [0.15, 0.2) is 10.8 Å². The van der Waals surface area contributed by atoms with Crippen molar-refractivity contribution < 1.29 is 14.0 Å². The molecule has 0 bridgehead atoms. The standard InChI is InChI=1S/C25H52O3Si3/c1-23(2,3)30(10,11)27-17-25(18-28-31(12,13)24(4,5)6)15-19-14-21(26)22(20(19)16-25)29(7,8)9/h19,21,26H,14-18H2,1-13H3/t19-,21+/m0/s1. The van der Waals surface area contributed by atoms with Gasteiger partial charge in [0, 0.05) is 18.6 Å². The Kier molecular flexibility index (Phi) is 7.54. The van der Waals surface area contributed by atoms with Crippen LogP contribution in [0.3, 0.4) is 0 Å². The van der Waals surface area contributed by atoms with Gasteiger partial charge in [-0.05, 0) is 61.4 Å². The van der Waals surface area contributed by atoms with Crippen molar-refractivity contribution in [2.75, 3.05) is 13.2 Å². The van der Waals surface area contributed by atoms with Crippen molar-refractivity contribution >= 4 is 24.7 Å². The molecule has 0 unspecified atom stereocenters. The van der Waals surface area contributed by atoms with Gasteiger partial charge in [-0.1, -0.05) is 72.0 Å². The molecule has 31 heavy (non-hydrogen) atoms. The number of hydrogen-bond donors (Lipinski definition) is 1. The van der Waals surface area contributed by atoms with Crippen molar-refractivity contribution in [1.29, 1.82) is 0 Å². The fraction of sp³-hybridized carbons (Fsp3) is 0.920. The lowest BCUT2D eigenvalue weighted by molar-refractivity contribution is 0.0638. The fourth-order valence-electron chi connectivity index (χ4n) is 4.75. The molecule has 182 valence electrons. The van der Waals surface area contributed by atoms with E-state index in [-0.39, 0.29) is 21.6 Å². The molecule has 2 rings (SSSR count). The quantitative estimate of drug-likeness (QED) is 0.383. The molecule has 0 heterocycles. The number of fused-ring (bicyclic) bond motifs is 1. The molecule has 0 saturated heterocycles. The lowest BCUT2D eigenvalue weighted by Crippen LogP contribution is -2.47. The Morgan fingerprint density at radius 1 is 0.839 bits per heavy atom. The lowest BCUT2D eigenvalue weighted by atomic mass is 9.86. The Morgan fingerprint density at radius 3 is 1.61 bits per heavy atom. The fourth-order valence-corrected chi connectivity index (χ4v) is 9.33. The minimum Gasteiger partial charge on any atom is -0.416 e. The van der Waals surface area contributed by atoms with Crippen LogP contribution >= 0.6 is 0 Å². The summed E-state index contributed by atoms with van der Waals surface area (Å²) < 4.78 is 13.7. The number of aliphatic hydroxyl groups excluding tert-OH is 1. The highest BCUT2D eigenvalue weighted by molar-refractivity contribution is 6.83. The molecule has 0 radical (unpaired) electrons. The summed E-state index contributed by atoms with van der Waals surface area (Å²) in [6.07, 6.45) is 2.86. The molecule has 1 N–H and O–H groups in total. The zero-order chi connectivity index (χ0) is 24.3. The Labute approximate surface area is 196 Å². The van der Waals surface area contributed by atoms with Crippen molar-refractivity contribution in [2.24, 2.45) is 11.3 Å². The molecule has 1 saturated carbocycles. The number of hydrogen-bond acceptors (Lipinski definition) is 3. The van der Waals surface area contributed by atoms with Gasteiger partial charge < -0.3 is 14.0 Å². The van der Waals surface area contributed by atoms with E-state index in [0.717, 1.165) is 32.5 Å². The van der Waals surface area contributed by atoms with E-state index in [1.165, 1.54) is 5.20 Å². The van der Waals surface area contributed by atoms with E-state index in [0.29, 0.717) is 5.92 Å². The van der Waals surface area contributed by atoms with Crippen LogP contribution in [0, 0.1) is 11.3 Å². The Hall–Kier alpha value is 0.271. The molecule has 2 atom stereocenters. The van der Waals surface area contributed by atoms with Gasteiger partial charge in [-0.2, -0.15) is 0 Å². The molecular formula is C25H52O3Si3. The van der Waals surface area contributed by atoms with Crippen molar-refractivity contribution in [1.82, 2.24) is 0 Å². The van der Waals surface area contributed by atoms with Gasteiger partial charge >= 0.3 is 0 Å². The van der Waals surface area contributed by atoms with Crippen LogP contribution in [0.4, 0.5) is 0 Å². The van der Waals surface area contributed by atoms with Gasteiger partial charge in [-0.25, -0.2) is 0 Å². The minimum atomic E-state index is -1.84. The van der Waals surface area contributed by atoms with Crippen molar-refractivity contribution in [3.05, 3.63) is 10.8 Å². The molecule has 3 nitrogen and oxygen atoms in total. The first-order chi connectivity index (χ1) is 13.6. The second-order valence-electron chi connectivity index (χ2n) is 14.6. The van der Waals surface area contributed by atoms with Gasteiger partial charge in [0.1, 0.15) is 0 Å². The van der Waals surface area contributed by atoms with Gasteiger partial charge in [0.05, 0.1) is 14.2 Å². The molecule has 0 aromatic carbocycles. The smallest absolute Gasteiger partial charge is 0.192 e. The molecule has 1 fully saturated rings. The molecule has 2 aliphatic carbocycles. The van der Waals surface area contributed by atoms with Crippen molar-refractivity contribution in [3.63, 3.8) is 0 Å². The third-order valence-electron chi connectivity index (χ3n) is 8.82. The zero-order valence-corrected chi connectivity index (χ0v) is 26.0. The zero-order valence-electron chi connectivity index (χ0n) is 23.0. The SMILES string of the molecule is CC(C)(C)[Si](C)(C)OCC1(CO[Si](C)(C)C(C)(C)C)CC2=C([Si](C)(C)C)[C@H](O)C[C@H]2C1. The van der Waals surface area contributed by atoms with E-state index in [1.807, 2.05) is 0 Å². The summed E-state index contributed by atoms with van der Waals surface area (Å²) in [5.74, 6) is 0.516. The van der Waals surface area contributed by atoms with E-state index < -0.39 is 24.7 Å². The Balaban J connectivity index is 2.36. The van der Waals surface area contributed by atoms with E-state index in [2.05, 4.69) is 87.4 Å². The first kappa shape index (κ1) is 27.5. The first-order valence-corrected chi connectivity index (χ1v) is 21.6. The predicted octanol–water partition coefficient (Wildman–Crippen LogP) is 7.37. The largest absolute Gasteiger partial charge is 0.416 e. The van der Waals surface area contributed by atoms with Crippen LogP contribution in [-0.4, -0.2) is 49.1 Å². The molecular weight excluding hydrogens is 433 g/mol. The maximum atomic E-state index is 10.9. The summed E-state index contributed by atoms with van der Waals surface area (Å²) in [6, 6.07) is 0. The second kappa shape index (κ2) is 8.49. The maximum absolute atomic E-state index is 10.9. The van der Waals surface area contributed by atoms with Gasteiger partial charge in [0.2, 0.25) is 0 Å². The highest BCUT2D eigenvalue weighted by Gasteiger charge is 2.52. The number of aliphatic hydroxyl groups is 1. The normalized spacial score (nSPS) is 25.4. The lowest BCUT2D eigenvalue weighted by Gasteiger charge is -2.43. The average molecular weight is 485 g/mol. The van der Waals surface area contributed by atoms with Crippen molar-refractivity contribution in [2.45, 2.75) is 123 Å². The molecule has 0 amide bonds. The van der Waals surface area contributed by atoms with Gasteiger partial charge in [0.25, 0.3) is 0 Å². The highest BCUT2D eigenvalue weighted by atomic mass is 28.4. The maximum Gasteiger partial charge on any atom is 0.192 e. The first-order valence-electron chi connectivity index (χ1n) is 12.3. The van der Waals surface area contributed by atoms with Crippen molar-refractivity contribution in [3.8, 4) is 0 Å². The average Bonchev–Trinajstić information content (AvgIpc) is 3.01. The molecule has 0 aromatic rings. The number of allylic oxidation sites excluding steroid dienone is 1. The molecule has 6 heteroatoms. The number of rotatable bonds is 7. The monoisotopic (exact) mass is 484 g/mol. The van der Waals surface area contributed by atoms with E-state index in [1.54, 1.807) is 5.57 Å². The third-order valence-corrected chi connectivity index (χ3v) is 20.1. The summed E-state index contributed by atoms with van der Waals surface area (Å²) >= 11 is 0. The van der Waals surface area contributed by atoms with Gasteiger partial charge in [-0.15, -0.1) is 0 Å². The van der Waals surface area contributed by atoms with Gasteiger partial charge in [-0.3, -0.25) is 0 Å². The second-order valence-corrected chi connectivity index (χ2v) is 29.3. The summed E-state index contributed by atoms with van der Waals surface area (Å²) in [6.45, 7) is 32.2. The highest BCUT2D eigenvalue weighted by Crippen LogP contribution is 2.55. The van der Waals surface area contributed by atoms with Crippen LogP contribution in [0.25, 0.3) is 0 Å². The van der Waals surface area contributed by atoms with Crippen LogP contribution in [0.1, 0.15) is 60.8 Å². The Morgan fingerprint density at radius 2 is 1.26 bits per heavy atom. The summed E-state index contributed by atoms with van der Waals surface area (Å²) in [7, 11) is -5.22. The predicted molar refractivity (Wildman–Crippen MR) is 142 cm³/mol. The molecule has 0 spiro atoms. The van der Waals surface area contributed by atoms with E-state index in [9.17, 15) is 5.11 Å². The topological polar surface area (TPSA) is 38.7 Å². The molecule has 2 aliphatic rings. The summed E-state index contributed by atoms with van der Waals surface area (Å²) in [5.41, 5.74) is 1.63.